The van der Waals surface area contributed by atoms with Crippen molar-refractivity contribution < 1.29 is 14.6 Å². The third-order valence-electron chi connectivity index (χ3n) is 3.93. The van der Waals surface area contributed by atoms with Crippen LogP contribution in [-0.4, -0.2) is 19.3 Å². The molecular weight excluding hydrogens is 264 g/mol. The zero-order valence-electron chi connectivity index (χ0n) is 13.0. The molecule has 2 aromatic rings. The molecule has 112 valence electrons. The highest BCUT2D eigenvalue weighted by Crippen LogP contribution is 2.41. The highest BCUT2D eigenvalue weighted by molar-refractivity contribution is 5.51. The summed E-state index contributed by atoms with van der Waals surface area (Å²) in [6, 6.07) is 13.4. The van der Waals surface area contributed by atoms with E-state index in [0.29, 0.717) is 12.2 Å². The van der Waals surface area contributed by atoms with Gasteiger partial charge in [-0.3, -0.25) is 0 Å². The molecule has 0 saturated heterocycles. The number of methoxy groups -OCH3 is 2. The SMILES string of the molecule is CCC(O)(c1ccccc1)c1cc(OC)c(C)cc1OC. The Morgan fingerprint density at radius 2 is 1.62 bits per heavy atom. The molecule has 0 aliphatic heterocycles. The molecule has 1 atom stereocenters. The van der Waals surface area contributed by atoms with Crippen molar-refractivity contribution >= 4 is 0 Å². The van der Waals surface area contributed by atoms with Gasteiger partial charge in [0.25, 0.3) is 0 Å². The van der Waals surface area contributed by atoms with E-state index >= 15 is 0 Å². The van der Waals surface area contributed by atoms with Crippen LogP contribution in [0.25, 0.3) is 0 Å². The first-order valence-corrected chi connectivity index (χ1v) is 7.07. The average Bonchev–Trinajstić information content (AvgIpc) is 2.54. The van der Waals surface area contributed by atoms with E-state index in [1.54, 1.807) is 14.2 Å². The van der Waals surface area contributed by atoms with Crippen LogP contribution in [0.2, 0.25) is 0 Å². The van der Waals surface area contributed by atoms with Crippen LogP contribution in [0.15, 0.2) is 42.5 Å². The number of benzene rings is 2. The molecule has 21 heavy (non-hydrogen) atoms. The van der Waals surface area contributed by atoms with Crippen molar-refractivity contribution in [2.45, 2.75) is 25.9 Å². The van der Waals surface area contributed by atoms with E-state index in [-0.39, 0.29) is 0 Å². The van der Waals surface area contributed by atoms with Crippen molar-refractivity contribution in [3.05, 3.63) is 59.2 Å². The van der Waals surface area contributed by atoms with Gasteiger partial charge in [-0.1, -0.05) is 37.3 Å². The lowest BCUT2D eigenvalue weighted by molar-refractivity contribution is 0.0733. The molecule has 1 unspecified atom stereocenters. The van der Waals surface area contributed by atoms with Gasteiger partial charge in [-0.15, -0.1) is 0 Å². The van der Waals surface area contributed by atoms with Crippen molar-refractivity contribution in [2.24, 2.45) is 0 Å². The zero-order valence-corrected chi connectivity index (χ0v) is 13.0. The van der Waals surface area contributed by atoms with Crippen molar-refractivity contribution in [2.75, 3.05) is 14.2 Å². The molecule has 0 bridgehead atoms. The molecule has 2 aromatic carbocycles. The van der Waals surface area contributed by atoms with Crippen molar-refractivity contribution in [3.63, 3.8) is 0 Å². The Hall–Kier alpha value is -2.00. The number of hydrogen-bond acceptors (Lipinski definition) is 3. The Bertz CT molecular complexity index is 607. The van der Waals surface area contributed by atoms with Crippen LogP contribution >= 0.6 is 0 Å². The minimum atomic E-state index is -1.10. The number of aliphatic hydroxyl groups is 1. The maximum Gasteiger partial charge on any atom is 0.125 e. The van der Waals surface area contributed by atoms with Crippen molar-refractivity contribution in [3.8, 4) is 11.5 Å². The molecule has 3 nitrogen and oxygen atoms in total. The molecule has 0 fully saturated rings. The van der Waals surface area contributed by atoms with Gasteiger partial charge >= 0.3 is 0 Å². The fourth-order valence-corrected chi connectivity index (χ4v) is 2.64. The maximum absolute atomic E-state index is 11.2. The van der Waals surface area contributed by atoms with E-state index in [0.717, 1.165) is 22.4 Å². The van der Waals surface area contributed by atoms with E-state index in [1.165, 1.54) is 0 Å². The normalized spacial score (nSPS) is 13.6. The van der Waals surface area contributed by atoms with Gasteiger partial charge < -0.3 is 14.6 Å². The second kappa shape index (κ2) is 6.19. The summed E-state index contributed by atoms with van der Waals surface area (Å²) in [5, 5.41) is 11.2. The smallest absolute Gasteiger partial charge is 0.125 e. The minimum absolute atomic E-state index is 0.541. The Kier molecular flexibility index (Phi) is 4.53. The summed E-state index contributed by atoms with van der Waals surface area (Å²) >= 11 is 0. The summed E-state index contributed by atoms with van der Waals surface area (Å²) in [7, 11) is 3.25. The summed E-state index contributed by atoms with van der Waals surface area (Å²) in [5.74, 6) is 1.41. The number of aryl methyl sites for hydroxylation is 1. The topological polar surface area (TPSA) is 38.7 Å². The maximum atomic E-state index is 11.2. The van der Waals surface area contributed by atoms with Gasteiger partial charge in [0, 0.05) is 5.56 Å². The predicted molar refractivity (Wildman–Crippen MR) is 84.0 cm³/mol. The van der Waals surface area contributed by atoms with E-state index in [1.807, 2.05) is 56.3 Å². The lowest BCUT2D eigenvalue weighted by Crippen LogP contribution is -2.27. The predicted octanol–water partition coefficient (Wildman–Crippen LogP) is 3.66. The van der Waals surface area contributed by atoms with Crippen LogP contribution in [0.5, 0.6) is 11.5 Å². The third-order valence-corrected chi connectivity index (χ3v) is 3.93. The fourth-order valence-electron chi connectivity index (χ4n) is 2.64. The Labute approximate surface area is 126 Å². The second-order valence-electron chi connectivity index (χ2n) is 5.10. The van der Waals surface area contributed by atoms with Gasteiger partial charge in [-0.05, 0) is 36.6 Å². The number of rotatable bonds is 5. The number of hydrogen-bond donors (Lipinski definition) is 1. The molecule has 0 saturated carbocycles. The third kappa shape index (κ3) is 2.74. The standard InChI is InChI=1S/C18H22O3/c1-5-18(19,14-9-7-6-8-10-14)15-12-16(20-3)13(2)11-17(15)21-4/h6-12,19H,5H2,1-4H3. The van der Waals surface area contributed by atoms with Gasteiger partial charge in [0.05, 0.1) is 14.2 Å². The van der Waals surface area contributed by atoms with Gasteiger partial charge in [-0.25, -0.2) is 0 Å². The van der Waals surface area contributed by atoms with Crippen LogP contribution in [0.4, 0.5) is 0 Å². The van der Waals surface area contributed by atoms with Gasteiger partial charge in [0.2, 0.25) is 0 Å². The molecule has 0 amide bonds. The fraction of sp³-hybridized carbons (Fsp3) is 0.333. The van der Waals surface area contributed by atoms with Crippen molar-refractivity contribution in [1.29, 1.82) is 0 Å². The summed E-state index contributed by atoms with van der Waals surface area (Å²) in [5.41, 5.74) is 1.44. The summed E-state index contributed by atoms with van der Waals surface area (Å²) in [6.07, 6.45) is 0.541. The lowest BCUT2D eigenvalue weighted by atomic mass is 9.83. The summed E-state index contributed by atoms with van der Waals surface area (Å²) < 4.78 is 10.9. The molecule has 0 aliphatic carbocycles. The minimum Gasteiger partial charge on any atom is -0.496 e. The van der Waals surface area contributed by atoms with E-state index < -0.39 is 5.60 Å². The van der Waals surface area contributed by atoms with Gasteiger partial charge in [-0.2, -0.15) is 0 Å². The first kappa shape index (κ1) is 15.4. The van der Waals surface area contributed by atoms with Gasteiger partial charge in [0.15, 0.2) is 0 Å². The molecule has 0 aliphatic rings. The second-order valence-corrected chi connectivity index (χ2v) is 5.10. The highest BCUT2D eigenvalue weighted by atomic mass is 16.5. The lowest BCUT2D eigenvalue weighted by Gasteiger charge is -2.30. The largest absolute Gasteiger partial charge is 0.496 e. The van der Waals surface area contributed by atoms with Crippen LogP contribution in [-0.2, 0) is 5.60 Å². The first-order chi connectivity index (χ1) is 10.1. The quantitative estimate of drug-likeness (QED) is 0.911. The van der Waals surface area contributed by atoms with Crippen molar-refractivity contribution in [1.82, 2.24) is 0 Å². The van der Waals surface area contributed by atoms with E-state index in [4.69, 9.17) is 9.47 Å². The molecule has 1 N–H and O–H groups in total. The summed E-state index contributed by atoms with van der Waals surface area (Å²) in [6.45, 7) is 3.91. The van der Waals surface area contributed by atoms with E-state index in [9.17, 15) is 5.11 Å². The molecule has 0 heterocycles. The van der Waals surface area contributed by atoms with Crippen LogP contribution in [0, 0.1) is 6.92 Å². The first-order valence-electron chi connectivity index (χ1n) is 7.07. The number of ether oxygens (including phenoxy) is 2. The van der Waals surface area contributed by atoms with Crippen LogP contribution < -0.4 is 9.47 Å². The molecule has 2 rings (SSSR count). The molecule has 3 heteroatoms. The Balaban J connectivity index is 2.66. The molecule has 0 spiro atoms. The Morgan fingerprint density at radius 1 is 1.00 bits per heavy atom. The van der Waals surface area contributed by atoms with Crippen LogP contribution in [0.3, 0.4) is 0 Å². The van der Waals surface area contributed by atoms with E-state index in [2.05, 4.69) is 0 Å². The molecule has 0 aromatic heterocycles. The molecular formula is C18H22O3. The molecule has 0 radical (unpaired) electrons. The highest BCUT2D eigenvalue weighted by Gasteiger charge is 2.33. The Morgan fingerprint density at radius 3 is 2.14 bits per heavy atom. The van der Waals surface area contributed by atoms with Gasteiger partial charge in [0.1, 0.15) is 17.1 Å². The van der Waals surface area contributed by atoms with Crippen LogP contribution in [0.1, 0.15) is 30.0 Å². The zero-order chi connectivity index (χ0) is 15.5. The monoisotopic (exact) mass is 286 g/mol. The summed E-state index contributed by atoms with van der Waals surface area (Å²) in [4.78, 5) is 0. The average molecular weight is 286 g/mol.